The maximum absolute atomic E-state index is 12.4. The molecule has 1 saturated heterocycles. The lowest BCUT2D eigenvalue weighted by molar-refractivity contribution is 0.312. The number of nitrogens with one attached hydrogen (secondary N) is 2. The molecule has 124 valence electrons. The van der Waals surface area contributed by atoms with E-state index in [1.807, 2.05) is 0 Å². The van der Waals surface area contributed by atoms with Crippen LogP contribution >= 0.6 is 0 Å². The van der Waals surface area contributed by atoms with Crippen LogP contribution in [0.2, 0.25) is 0 Å². The number of hydrogen-bond acceptors (Lipinski definition) is 4. The van der Waals surface area contributed by atoms with E-state index in [2.05, 4.69) is 15.2 Å². The van der Waals surface area contributed by atoms with Crippen LogP contribution in [-0.2, 0) is 10.0 Å². The Morgan fingerprint density at radius 2 is 1.82 bits per heavy atom. The van der Waals surface area contributed by atoms with Crippen LogP contribution < -0.4 is 5.69 Å². The SMILES string of the molecule is O=c1[nH]nc(C2CCN(S(=O)(=O)CCC3CCCC3)CC2)[nH]1. The summed E-state index contributed by atoms with van der Waals surface area (Å²) in [6, 6.07) is 0. The zero-order valence-electron chi connectivity index (χ0n) is 12.8. The van der Waals surface area contributed by atoms with Crippen molar-refractivity contribution in [3.8, 4) is 0 Å². The number of sulfonamides is 1. The van der Waals surface area contributed by atoms with E-state index < -0.39 is 10.0 Å². The van der Waals surface area contributed by atoms with Crippen LogP contribution in [0.1, 0.15) is 56.7 Å². The van der Waals surface area contributed by atoms with Gasteiger partial charge in [-0.2, -0.15) is 5.10 Å². The molecule has 2 aliphatic rings. The number of aromatic amines is 2. The quantitative estimate of drug-likeness (QED) is 0.848. The molecule has 7 nitrogen and oxygen atoms in total. The molecular formula is C14H24N4O3S. The molecule has 1 aromatic heterocycles. The van der Waals surface area contributed by atoms with Gasteiger partial charge < -0.3 is 0 Å². The highest BCUT2D eigenvalue weighted by atomic mass is 32.2. The highest BCUT2D eigenvalue weighted by Crippen LogP contribution is 2.30. The molecule has 1 saturated carbocycles. The van der Waals surface area contributed by atoms with Gasteiger partial charge in [-0.05, 0) is 25.2 Å². The van der Waals surface area contributed by atoms with Crippen molar-refractivity contribution >= 4 is 10.0 Å². The first kappa shape index (κ1) is 15.7. The van der Waals surface area contributed by atoms with E-state index in [1.54, 1.807) is 4.31 Å². The fourth-order valence-corrected chi connectivity index (χ4v) is 5.28. The summed E-state index contributed by atoms with van der Waals surface area (Å²) in [5.74, 6) is 1.66. The highest BCUT2D eigenvalue weighted by molar-refractivity contribution is 7.89. The summed E-state index contributed by atoms with van der Waals surface area (Å²) in [4.78, 5) is 13.8. The van der Waals surface area contributed by atoms with Gasteiger partial charge in [0.15, 0.2) is 0 Å². The highest BCUT2D eigenvalue weighted by Gasteiger charge is 2.30. The van der Waals surface area contributed by atoms with Crippen LogP contribution in [0, 0.1) is 5.92 Å². The summed E-state index contributed by atoms with van der Waals surface area (Å²) in [6.07, 6.45) is 7.09. The summed E-state index contributed by atoms with van der Waals surface area (Å²) >= 11 is 0. The topological polar surface area (TPSA) is 98.9 Å². The Balaban J connectivity index is 1.52. The van der Waals surface area contributed by atoms with Crippen molar-refractivity contribution in [3.05, 3.63) is 16.3 Å². The second kappa shape index (κ2) is 6.54. The van der Waals surface area contributed by atoms with Crippen molar-refractivity contribution in [1.29, 1.82) is 0 Å². The lowest BCUT2D eigenvalue weighted by atomic mass is 9.98. The third-order valence-corrected chi connectivity index (χ3v) is 6.92. The third kappa shape index (κ3) is 3.60. The van der Waals surface area contributed by atoms with Gasteiger partial charge in [0.25, 0.3) is 0 Å². The number of nitrogens with zero attached hydrogens (tertiary/aromatic N) is 2. The van der Waals surface area contributed by atoms with E-state index in [4.69, 9.17) is 0 Å². The fraction of sp³-hybridized carbons (Fsp3) is 0.857. The van der Waals surface area contributed by atoms with E-state index in [1.165, 1.54) is 25.7 Å². The number of H-pyrrole nitrogens is 2. The van der Waals surface area contributed by atoms with Crippen molar-refractivity contribution in [3.63, 3.8) is 0 Å². The normalized spacial score (nSPS) is 22.4. The van der Waals surface area contributed by atoms with Crippen LogP contribution in [0.25, 0.3) is 0 Å². The molecule has 0 aromatic carbocycles. The van der Waals surface area contributed by atoms with E-state index in [0.29, 0.717) is 37.7 Å². The largest absolute Gasteiger partial charge is 0.340 e. The molecule has 1 aliphatic carbocycles. The minimum absolute atomic E-state index is 0.139. The smallest absolute Gasteiger partial charge is 0.293 e. The predicted octanol–water partition coefficient (Wildman–Crippen LogP) is 1.19. The summed E-state index contributed by atoms with van der Waals surface area (Å²) in [6.45, 7) is 1.04. The van der Waals surface area contributed by atoms with Crippen LogP contribution in [0.4, 0.5) is 0 Å². The van der Waals surface area contributed by atoms with Crippen molar-refractivity contribution < 1.29 is 8.42 Å². The first-order chi connectivity index (χ1) is 10.5. The van der Waals surface area contributed by atoms with E-state index in [0.717, 1.165) is 6.42 Å². The van der Waals surface area contributed by atoms with Gasteiger partial charge in [0, 0.05) is 19.0 Å². The maximum Gasteiger partial charge on any atom is 0.340 e. The van der Waals surface area contributed by atoms with Crippen molar-refractivity contribution in [2.75, 3.05) is 18.8 Å². The van der Waals surface area contributed by atoms with Gasteiger partial charge in [-0.25, -0.2) is 22.6 Å². The van der Waals surface area contributed by atoms with Crippen LogP contribution in [-0.4, -0.2) is 46.7 Å². The lowest BCUT2D eigenvalue weighted by Crippen LogP contribution is -2.39. The van der Waals surface area contributed by atoms with Crippen molar-refractivity contribution in [2.45, 2.75) is 50.9 Å². The molecule has 1 aromatic rings. The van der Waals surface area contributed by atoms with Gasteiger partial charge in [0.05, 0.1) is 5.75 Å². The van der Waals surface area contributed by atoms with Crippen LogP contribution in [0.15, 0.2) is 4.79 Å². The Morgan fingerprint density at radius 3 is 2.41 bits per heavy atom. The molecule has 0 unspecified atom stereocenters. The van der Waals surface area contributed by atoms with Gasteiger partial charge in [-0.3, -0.25) is 4.98 Å². The summed E-state index contributed by atoms with van der Waals surface area (Å²) < 4.78 is 26.5. The van der Waals surface area contributed by atoms with E-state index >= 15 is 0 Å². The molecule has 0 radical (unpaired) electrons. The Morgan fingerprint density at radius 1 is 1.14 bits per heavy atom. The number of hydrogen-bond donors (Lipinski definition) is 2. The van der Waals surface area contributed by atoms with Crippen molar-refractivity contribution in [2.24, 2.45) is 5.92 Å². The summed E-state index contributed by atoms with van der Waals surface area (Å²) in [5, 5.41) is 6.32. The second-order valence-corrected chi connectivity index (χ2v) is 8.58. The summed E-state index contributed by atoms with van der Waals surface area (Å²) in [5.41, 5.74) is -0.304. The van der Waals surface area contributed by atoms with Gasteiger partial charge >= 0.3 is 5.69 Å². The molecule has 0 spiro atoms. The Bertz CT molecular complexity index is 637. The molecule has 0 amide bonds. The monoisotopic (exact) mass is 328 g/mol. The van der Waals surface area contributed by atoms with Gasteiger partial charge in [-0.1, -0.05) is 25.7 Å². The lowest BCUT2D eigenvalue weighted by Gasteiger charge is -2.30. The minimum Gasteiger partial charge on any atom is -0.293 e. The molecule has 1 aliphatic heterocycles. The number of rotatable bonds is 5. The number of aromatic nitrogens is 3. The average molecular weight is 328 g/mol. The zero-order chi connectivity index (χ0) is 15.6. The molecule has 2 fully saturated rings. The van der Waals surface area contributed by atoms with Crippen molar-refractivity contribution in [1.82, 2.24) is 19.5 Å². The second-order valence-electron chi connectivity index (χ2n) is 6.49. The Hall–Kier alpha value is -1.15. The van der Waals surface area contributed by atoms with E-state index in [9.17, 15) is 13.2 Å². The molecule has 3 rings (SSSR count). The molecule has 8 heteroatoms. The Kier molecular flexibility index (Phi) is 4.67. The number of piperidine rings is 1. The standard InChI is InChI=1S/C14H24N4O3S/c19-14-15-13(16-17-14)12-5-8-18(9-6-12)22(20,21)10-7-11-3-1-2-4-11/h11-12H,1-10H2,(H2,15,16,17,19). The summed E-state index contributed by atoms with van der Waals surface area (Å²) in [7, 11) is -3.14. The Labute approximate surface area is 130 Å². The first-order valence-electron chi connectivity index (χ1n) is 8.17. The molecule has 22 heavy (non-hydrogen) atoms. The maximum atomic E-state index is 12.4. The van der Waals surface area contributed by atoms with Gasteiger partial charge in [-0.15, -0.1) is 0 Å². The van der Waals surface area contributed by atoms with E-state index in [-0.39, 0.29) is 17.4 Å². The van der Waals surface area contributed by atoms with Crippen LogP contribution in [0.5, 0.6) is 0 Å². The molecule has 2 N–H and O–H groups in total. The predicted molar refractivity (Wildman–Crippen MR) is 83.1 cm³/mol. The molecular weight excluding hydrogens is 304 g/mol. The fourth-order valence-electron chi connectivity index (χ4n) is 3.63. The average Bonchev–Trinajstić information content (AvgIpc) is 3.17. The third-order valence-electron chi connectivity index (χ3n) is 5.01. The van der Waals surface area contributed by atoms with Gasteiger partial charge in [0.1, 0.15) is 5.82 Å². The molecule has 2 heterocycles. The minimum atomic E-state index is -3.14. The molecule has 0 atom stereocenters. The van der Waals surface area contributed by atoms with Gasteiger partial charge in [0.2, 0.25) is 10.0 Å². The first-order valence-corrected chi connectivity index (χ1v) is 9.78. The van der Waals surface area contributed by atoms with Crippen LogP contribution in [0.3, 0.4) is 0 Å². The molecule has 0 bridgehead atoms. The zero-order valence-corrected chi connectivity index (χ0v) is 13.6.